The lowest BCUT2D eigenvalue weighted by Gasteiger charge is -2.09. The fourth-order valence-corrected chi connectivity index (χ4v) is 2.58. The summed E-state index contributed by atoms with van der Waals surface area (Å²) in [6.07, 6.45) is 3.15. The molecule has 2 aromatic rings. The van der Waals surface area contributed by atoms with E-state index in [1.807, 2.05) is 18.2 Å². The van der Waals surface area contributed by atoms with Crippen LogP contribution in [0.15, 0.2) is 18.2 Å². The molecule has 1 saturated heterocycles. The highest BCUT2D eigenvalue weighted by Gasteiger charge is 2.13. The van der Waals surface area contributed by atoms with E-state index in [9.17, 15) is 0 Å². The van der Waals surface area contributed by atoms with Crippen LogP contribution in [-0.4, -0.2) is 35.8 Å². The van der Waals surface area contributed by atoms with Gasteiger partial charge in [0, 0.05) is 24.1 Å². The maximum Gasteiger partial charge on any atom is 0.107 e. The second-order valence-electron chi connectivity index (χ2n) is 4.96. The number of hydrogen-bond donors (Lipinski definition) is 2. The molecule has 19 heavy (non-hydrogen) atoms. The number of ether oxygens (including phenoxy) is 1. The minimum atomic E-state index is 0.537. The van der Waals surface area contributed by atoms with Gasteiger partial charge >= 0.3 is 0 Å². The monoisotopic (exact) mass is 279 g/mol. The van der Waals surface area contributed by atoms with Crippen molar-refractivity contribution in [1.82, 2.24) is 15.3 Å². The number of nitrogens with one attached hydrogen (secondary N) is 2. The van der Waals surface area contributed by atoms with E-state index >= 15 is 0 Å². The van der Waals surface area contributed by atoms with Gasteiger partial charge in [0.25, 0.3) is 0 Å². The van der Waals surface area contributed by atoms with Crippen molar-refractivity contribution in [3.63, 3.8) is 0 Å². The largest absolute Gasteiger partial charge is 0.380 e. The van der Waals surface area contributed by atoms with Crippen molar-refractivity contribution in [3.05, 3.63) is 29.0 Å². The molecule has 1 aliphatic rings. The lowest BCUT2D eigenvalue weighted by atomic mass is 10.2. The van der Waals surface area contributed by atoms with Gasteiger partial charge in [-0.3, -0.25) is 0 Å². The predicted molar refractivity (Wildman–Crippen MR) is 76.7 cm³/mol. The number of nitrogens with zero attached hydrogens (tertiary/aromatic N) is 1. The number of imidazole rings is 1. The first-order valence-electron chi connectivity index (χ1n) is 6.76. The summed E-state index contributed by atoms with van der Waals surface area (Å²) in [5, 5.41) is 4.25. The number of aromatic amines is 1. The van der Waals surface area contributed by atoms with Gasteiger partial charge in [-0.05, 0) is 37.6 Å². The molecule has 0 amide bonds. The van der Waals surface area contributed by atoms with Crippen molar-refractivity contribution in [2.24, 2.45) is 0 Å². The van der Waals surface area contributed by atoms with Crippen molar-refractivity contribution in [2.45, 2.75) is 25.3 Å². The van der Waals surface area contributed by atoms with Gasteiger partial charge in [-0.2, -0.15) is 0 Å². The highest BCUT2D eigenvalue weighted by molar-refractivity contribution is 6.31. The Hall–Kier alpha value is -1.10. The Morgan fingerprint density at radius 3 is 3.26 bits per heavy atom. The Morgan fingerprint density at radius 2 is 2.42 bits per heavy atom. The molecule has 102 valence electrons. The van der Waals surface area contributed by atoms with Crippen molar-refractivity contribution in [3.8, 4) is 0 Å². The quantitative estimate of drug-likeness (QED) is 0.827. The summed E-state index contributed by atoms with van der Waals surface area (Å²) in [5.74, 6) is 1.03. The number of halogens is 1. The first-order valence-corrected chi connectivity index (χ1v) is 7.14. The number of aryl methyl sites for hydroxylation is 1. The van der Waals surface area contributed by atoms with Crippen LogP contribution in [0.1, 0.15) is 18.7 Å². The number of fused-ring (bicyclic) bond motifs is 1. The average Bonchev–Trinajstić information content (AvgIpc) is 3.02. The van der Waals surface area contributed by atoms with Gasteiger partial charge in [0.15, 0.2) is 0 Å². The Bertz CT molecular complexity index is 549. The topological polar surface area (TPSA) is 49.9 Å². The van der Waals surface area contributed by atoms with Crippen LogP contribution in [0.25, 0.3) is 11.0 Å². The van der Waals surface area contributed by atoms with Crippen LogP contribution in [0.2, 0.25) is 5.02 Å². The fraction of sp³-hybridized carbons (Fsp3) is 0.500. The molecule has 0 aliphatic carbocycles. The second kappa shape index (κ2) is 5.90. The van der Waals surface area contributed by atoms with E-state index in [0.717, 1.165) is 60.9 Å². The molecular formula is C14H18ClN3O. The molecule has 1 aliphatic heterocycles. The number of H-pyrrole nitrogens is 1. The molecule has 4 nitrogen and oxygen atoms in total. The smallest absolute Gasteiger partial charge is 0.107 e. The zero-order valence-electron chi connectivity index (χ0n) is 10.8. The molecule has 0 bridgehead atoms. The van der Waals surface area contributed by atoms with E-state index in [1.165, 1.54) is 0 Å². The highest BCUT2D eigenvalue weighted by Crippen LogP contribution is 2.17. The third-order valence-electron chi connectivity index (χ3n) is 3.45. The number of benzene rings is 1. The second-order valence-corrected chi connectivity index (χ2v) is 5.40. The average molecular weight is 280 g/mol. The minimum Gasteiger partial charge on any atom is -0.380 e. The van der Waals surface area contributed by atoms with Crippen LogP contribution >= 0.6 is 11.6 Å². The Morgan fingerprint density at radius 1 is 1.47 bits per heavy atom. The van der Waals surface area contributed by atoms with E-state index in [4.69, 9.17) is 16.3 Å². The molecule has 0 spiro atoms. The summed E-state index contributed by atoms with van der Waals surface area (Å²) >= 11 is 5.96. The van der Waals surface area contributed by atoms with Gasteiger partial charge in [0.1, 0.15) is 5.82 Å². The Balaban J connectivity index is 1.50. The fourth-order valence-electron chi connectivity index (χ4n) is 2.41. The molecule has 0 saturated carbocycles. The van der Waals surface area contributed by atoms with E-state index in [-0.39, 0.29) is 0 Å². The van der Waals surface area contributed by atoms with E-state index in [0.29, 0.717) is 6.04 Å². The molecule has 3 rings (SSSR count). The summed E-state index contributed by atoms with van der Waals surface area (Å²) < 4.78 is 5.33. The van der Waals surface area contributed by atoms with Crippen molar-refractivity contribution in [2.75, 3.05) is 19.8 Å². The van der Waals surface area contributed by atoms with E-state index < -0.39 is 0 Å². The summed E-state index contributed by atoms with van der Waals surface area (Å²) in [4.78, 5) is 7.87. The third-order valence-corrected chi connectivity index (χ3v) is 3.68. The number of aromatic nitrogens is 2. The van der Waals surface area contributed by atoms with E-state index in [2.05, 4.69) is 15.3 Å². The molecule has 1 aromatic carbocycles. The van der Waals surface area contributed by atoms with Crippen molar-refractivity contribution in [1.29, 1.82) is 0 Å². The lowest BCUT2D eigenvalue weighted by molar-refractivity contribution is 0.190. The molecule has 5 heteroatoms. The molecule has 2 heterocycles. The van der Waals surface area contributed by atoms with E-state index in [1.54, 1.807) is 0 Å². The van der Waals surface area contributed by atoms with Gasteiger partial charge in [-0.1, -0.05) is 11.6 Å². The SMILES string of the molecule is Clc1ccc2nc(CCCNC3CCOC3)[nH]c2c1. The minimum absolute atomic E-state index is 0.537. The van der Waals surface area contributed by atoms with Crippen LogP contribution in [0, 0.1) is 0 Å². The summed E-state index contributed by atoms with van der Waals surface area (Å²) in [6.45, 7) is 2.75. The first kappa shape index (κ1) is 12.9. The maximum absolute atomic E-state index is 5.96. The molecule has 1 fully saturated rings. The van der Waals surface area contributed by atoms with Crippen LogP contribution < -0.4 is 5.32 Å². The van der Waals surface area contributed by atoms with Gasteiger partial charge in [-0.25, -0.2) is 4.98 Å². The van der Waals surface area contributed by atoms with Gasteiger partial charge in [-0.15, -0.1) is 0 Å². The lowest BCUT2D eigenvalue weighted by Crippen LogP contribution is -2.30. The standard InChI is InChI=1S/C14H18ClN3O/c15-10-3-4-12-13(8-10)18-14(17-12)2-1-6-16-11-5-7-19-9-11/h3-4,8,11,16H,1-2,5-7,9H2,(H,17,18). The first-order chi connectivity index (χ1) is 9.31. The third kappa shape index (κ3) is 3.26. The van der Waals surface area contributed by atoms with Crippen LogP contribution in [0.5, 0.6) is 0 Å². The molecule has 1 aromatic heterocycles. The number of hydrogen-bond acceptors (Lipinski definition) is 3. The zero-order chi connectivity index (χ0) is 13.1. The predicted octanol–water partition coefficient (Wildman–Crippen LogP) is 2.53. The normalized spacial score (nSPS) is 19.3. The van der Waals surface area contributed by atoms with Crippen molar-refractivity contribution >= 4 is 22.6 Å². The van der Waals surface area contributed by atoms with Crippen molar-refractivity contribution < 1.29 is 4.74 Å². The van der Waals surface area contributed by atoms with Gasteiger partial charge < -0.3 is 15.0 Å². The van der Waals surface area contributed by atoms with Crippen LogP contribution in [0.4, 0.5) is 0 Å². The molecule has 1 atom stereocenters. The van der Waals surface area contributed by atoms with Gasteiger partial charge in [0.2, 0.25) is 0 Å². The maximum atomic E-state index is 5.96. The summed E-state index contributed by atoms with van der Waals surface area (Å²) in [6, 6.07) is 6.28. The van der Waals surface area contributed by atoms with Gasteiger partial charge in [0.05, 0.1) is 17.6 Å². The summed E-state index contributed by atoms with van der Waals surface area (Å²) in [7, 11) is 0. The van der Waals surface area contributed by atoms with Crippen LogP contribution in [0.3, 0.4) is 0 Å². The number of rotatable bonds is 5. The van der Waals surface area contributed by atoms with Crippen LogP contribution in [-0.2, 0) is 11.2 Å². The highest BCUT2D eigenvalue weighted by atomic mass is 35.5. The molecule has 0 radical (unpaired) electrons. The molecule has 2 N–H and O–H groups in total. The Kier molecular flexibility index (Phi) is 4.01. The summed E-state index contributed by atoms with van der Waals surface area (Å²) in [5.41, 5.74) is 2.00. The zero-order valence-corrected chi connectivity index (χ0v) is 11.5. The Labute approximate surface area is 117 Å². The molecular weight excluding hydrogens is 262 g/mol. The molecule has 1 unspecified atom stereocenters.